The summed E-state index contributed by atoms with van der Waals surface area (Å²) in [6, 6.07) is 7.11. The molecular weight excluding hydrogens is 374 g/mol. The molecule has 1 amide bonds. The Labute approximate surface area is 169 Å². The maximum absolute atomic E-state index is 12.1. The highest BCUT2D eigenvalue weighted by Crippen LogP contribution is 2.49. The predicted molar refractivity (Wildman–Crippen MR) is 108 cm³/mol. The molecule has 0 radical (unpaired) electrons. The molecule has 0 fully saturated rings. The fourth-order valence-electron chi connectivity index (χ4n) is 3.64. The largest absolute Gasteiger partial charge is 0.493 e. The van der Waals surface area contributed by atoms with Crippen molar-refractivity contribution >= 4 is 17.6 Å². The number of nitrogens with zero attached hydrogens (tertiary/aromatic N) is 1. The number of hydrogen-bond acceptors (Lipinski definition) is 6. The number of aryl methyl sites for hydroxylation is 1. The smallest absolute Gasteiger partial charge is 0.337 e. The minimum atomic E-state index is -0.460. The van der Waals surface area contributed by atoms with Crippen molar-refractivity contribution < 1.29 is 28.5 Å². The van der Waals surface area contributed by atoms with Crippen LogP contribution in [0.1, 0.15) is 34.8 Å². The van der Waals surface area contributed by atoms with Crippen LogP contribution in [0.5, 0.6) is 17.2 Å². The molecular formula is C22H23NO6. The Hall–Kier alpha value is -3.35. The summed E-state index contributed by atoms with van der Waals surface area (Å²) in [6.07, 6.45) is 1.13. The highest BCUT2D eigenvalue weighted by Gasteiger charge is 2.28. The third-order valence-electron chi connectivity index (χ3n) is 4.86. The molecule has 7 heteroatoms. The zero-order valence-electron chi connectivity index (χ0n) is 17.1. The second-order valence-corrected chi connectivity index (χ2v) is 6.51. The number of benzene rings is 2. The highest BCUT2D eigenvalue weighted by atomic mass is 16.5. The van der Waals surface area contributed by atoms with E-state index in [1.807, 2.05) is 12.1 Å². The van der Waals surface area contributed by atoms with Gasteiger partial charge >= 0.3 is 5.97 Å². The fraction of sp³-hybridized carbons (Fsp3) is 0.318. The molecule has 1 aliphatic rings. The van der Waals surface area contributed by atoms with E-state index in [0.29, 0.717) is 46.9 Å². The molecule has 0 spiro atoms. The second-order valence-electron chi connectivity index (χ2n) is 6.51. The maximum atomic E-state index is 12.1. The monoisotopic (exact) mass is 397 g/mol. The number of rotatable bonds is 4. The van der Waals surface area contributed by atoms with Gasteiger partial charge in [0.25, 0.3) is 0 Å². The number of hydrogen-bond donors (Lipinski definition) is 0. The van der Waals surface area contributed by atoms with Crippen molar-refractivity contribution in [2.24, 2.45) is 4.99 Å². The van der Waals surface area contributed by atoms with Gasteiger partial charge in [0.1, 0.15) is 0 Å². The van der Waals surface area contributed by atoms with Gasteiger partial charge in [0.2, 0.25) is 11.7 Å². The van der Waals surface area contributed by atoms with Crippen molar-refractivity contribution in [2.45, 2.75) is 19.8 Å². The molecule has 29 heavy (non-hydrogen) atoms. The van der Waals surface area contributed by atoms with E-state index in [1.54, 1.807) is 33.5 Å². The Morgan fingerprint density at radius 1 is 0.897 bits per heavy atom. The summed E-state index contributed by atoms with van der Waals surface area (Å²) in [5.41, 5.74) is 4.26. The van der Waals surface area contributed by atoms with Gasteiger partial charge in [-0.1, -0.05) is 6.07 Å². The van der Waals surface area contributed by atoms with E-state index in [-0.39, 0.29) is 5.91 Å². The number of fused-ring (bicyclic) bond motifs is 3. The third-order valence-corrected chi connectivity index (χ3v) is 4.86. The van der Waals surface area contributed by atoms with Gasteiger partial charge < -0.3 is 18.9 Å². The Morgan fingerprint density at radius 2 is 1.62 bits per heavy atom. The number of carbonyl (C=O) groups excluding carboxylic acids is 2. The van der Waals surface area contributed by atoms with E-state index in [1.165, 1.54) is 14.0 Å². The molecule has 0 aromatic heterocycles. The molecule has 0 atom stereocenters. The van der Waals surface area contributed by atoms with Crippen LogP contribution in [-0.4, -0.2) is 46.0 Å². The SMILES string of the molecule is COC(=O)c1ccc2c(c1)C(=NC(C)=O)CCc1cc(OC)c(OC)c(OC)c1-2. The summed E-state index contributed by atoms with van der Waals surface area (Å²) in [7, 11) is 6.01. The average Bonchev–Trinajstić information content (AvgIpc) is 2.87. The van der Waals surface area contributed by atoms with Gasteiger partial charge in [-0.15, -0.1) is 0 Å². The first-order valence-electron chi connectivity index (χ1n) is 9.08. The number of amides is 1. The number of methoxy groups -OCH3 is 4. The Kier molecular flexibility index (Phi) is 5.87. The lowest BCUT2D eigenvalue weighted by atomic mass is 9.93. The van der Waals surface area contributed by atoms with Crippen molar-refractivity contribution in [3.63, 3.8) is 0 Å². The normalized spacial score (nSPS) is 13.8. The van der Waals surface area contributed by atoms with E-state index < -0.39 is 5.97 Å². The molecule has 0 bridgehead atoms. The van der Waals surface area contributed by atoms with Gasteiger partial charge in [0, 0.05) is 18.1 Å². The van der Waals surface area contributed by atoms with Gasteiger partial charge in [0.05, 0.1) is 39.7 Å². The van der Waals surface area contributed by atoms with Gasteiger partial charge in [0.15, 0.2) is 11.5 Å². The number of carbonyl (C=O) groups is 2. The molecule has 0 saturated carbocycles. The van der Waals surface area contributed by atoms with Crippen LogP contribution < -0.4 is 14.2 Å². The second kappa shape index (κ2) is 8.34. The van der Waals surface area contributed by atoms with E-state index in [0.717, 1.165) is 16.7 Å². The molecule has 0 heterocycles. The van der Waals surface area contributed by atoms with Crippen molar-refractivity contribution in [3.05, 3.63) is 41.0 Å². The van der Waals surface area contributed by atoms with Crippen molar-refractivity contribution in [2.75, 3.05) is 28.4 Å². The first-order chi connectivity index (χ1) is 13.9. The van der Waals surface area contributed by atoms with Crippen LogP contribution >= 0.6 is 0 Å². The molecule has 2 aromatic rings. The first kappa shape index (κ1) is 20.4. The van der Waals surface area contributed by atoms with E-state index in [9.17, 15) is 9.59 Å². The minimum Gasteiger partial charge on any atom is -0.493 e. The standard InChI is InChI=1S/C22H23NO6/c1-12(24)23-17-9-7-13-11-18(26-2)20(27-3)21(28-4)19(13)15-8-6-14(10-16(15)17)22(25)29-5/h6,8,10-11H,7,9H2,1-5H3. The topological polar surface area (TPSA) is 83.4 Å². The summed E-state index contributed by atoms with van der Waals surface area (Å²) in [6.45, 7) is 1.40. The lowest BCUT2D eigenvalue weighted by Gasteiger charge is -2.19. The molecule has 3 rings (SSSR count). The Morgan fingerprint density at radius 3 is 2.21 bits per heavy atom. The molecule has 7 nitrogen and oxygen atoms in total. The number of aliphatic imine (C=N–C) groups is 1. The molecule has 0 unspecified atom stereocenters. The average molecular weight is 397 g/mol. The number of esters is 1. The number of ether oxygens (including phenoxy) is 4. The van der Waals surface area contributed by atoms with Gasteiger partial charge in [-0.2, -0.15) is 0 Å². The summed E-state index contributed by atoms with van der Waals surface area (Å²) in [5, 5.41) is 0. The molecule has 0 saturated heterocycles. The quantitative estimate of drug-likeness (QED) is 0.735. The van der Waals surface area contributed by atoms with E-state index in [4.69, 9.17) is 18.9 Å². The molecule has 0 aliphatic heterocycles. The van der Waals surface area contributed by atoms with E-state index >= 15 is 0 Å². The zero-order valence-corrected chi connectivity index (χ0v) is 17.1. The van der Waals surface area contributed by atoms with Gasteiger partial charge in [-0.25, -0.2) is 9.79 Å². The van der Waals surface area contributed by atoms with Gasteiger partial charge in [-0.05, 0) is 42.2 Å². The molecule has 2 aromatic carbocycles. The molecule has 1 aliphatic carbocycles. The Bertz CT molecular complexity index is 1010. The van der Waals surface area contributed by atoms with Crippen LogP contribution in [0.4, 0.5) is 0 Å². The summed E-state index contributed by atoms with van der Waals surface area (Å²) >= 11 is 0. The van der Waals surface area contributed by atoms with E-state index in [2.05, 4.69) is 4.99 Å². The fourth-order valence-corrected chi connectivity index (χ4v) is 3.64. The minimum absolute atomic E-state index is 0.303. The summed E-state index contributed by atoms with van der Waals surface area (Å²) in [4.78, 5) is 28.0. The first-order valence-corrected chi connectivity index (χ1v) is 9.08. The van der Waals surface area contributed by atoms with Crippen LogP contribution in [-0.2, 0) is 16.0 Å². The highest BCUT2D eigenvalue weighted by molar-refractivity contribution is 6.13. The zero-order chi connectivity index (χ0) is 21.1. The van der Waals surface area contributed by atoms with Crippen LogP contribution in [0.2, 0.25) is 0 Å². The van der Waals surface area contributed by atoms with Crippen LogP contribution in [0.25, 0.3) is 11.1 Å². The third kappa shape index (κ3) is 3.68. The van der Waals surface area contributed by atoms with Crippen molar-refractivity contribution in [1.82, 2.24) is 0 Å². The predicted octanol–water partition coefficient (Wildman–Crippen LogP) is 3.45. The lowest BCUT2D eigenvalue weighted by molar-refractivity contribution is -0.115. The summed E-state index contributed by atoms with van der Waals surface area (Å²) in [5.74, 6) is 0.797. The Balaban J connectivity index is 2.38. The van der Waals surface area contributed by atoms with Gasteiger partial charge in [-0.3, -0.25) is 4.79 Å². The lowest BCUT2D eigenvalue weighted by Crippen LogP contribution is -2.08. The molecule has 0 N–H and O–H groups in total. The van der Waals surface area contributed by atoms with Crippen LogP contribution in [0.15, 0.2) is 29.3 Å². The van der Waals surface area contributed by atoms with Crippen molar-refractivity contribution in [1.29, 1.82) is 0 Å². The maximum Gasteiger partial charge on any atom is 0.337 e. The molecule has 152 valence electrons. The van der Waals surface area contributed by atoms with Crippen molar-refractivity contribution in [3.8, 4) is 28.4 Å². The summed E-state index contributed by atoms with van der Waals surface area (Å²) < 4.78 is 21.6. The van der Waals surface area contributed by atoms with Crippen LogP contribution in [0.3, 0.4) is 0 Å². The van der Waals surface area contributed by atoms with Crippen LogP contribution in [0, 0.1) is 0 Å².